The van der Waals surface area contributed by atoms with Crippen LogP contribution in [0.3, 0.4) is 0 Å². The maximum Gasteiger partial charge on any atom is 0.408 e. The number of nitrogens with one attached hydrogen (secondary N) is 1. The molecule has 0 spiro atoms. The first kappa shape index (κ1) is 27.2. The monoisotopic (exact) mass is 509 g/mol. The summed E-state index contributed by atoms with van der Waals surface area (Å²) in [5.74, 6) is -1.66. The zero-order valence-corrected chi connectivity index (χ0v) is 21.2. The van der Waals surface area contributed by atoms with E-state index in [9.17, 15) is 19.0 Å². The van der Waals surface area contributed by atoms with Crippen molar-refractivity contribution in [2.24, 2.45) is 0 Å². The second-order valence-corrected chi connectivity index (χ2v) is 11.2. The molecule has 0 saturated heterocycles. The van der Waals surface area contributed by atoms with E-state index in [0.717, 1.165) is 22.3 Å². The van der Waals surface area contributed by atoms with Crippen molar-refractivity contribution in [3.05, 3.63) is 107 Å². The van der Waals surface area contributed by atoms with Crippen LogP contribution in [-0.4, -0.2) is 28.9 Å². The number of esters is 1. The Balaban J connectivity index is 1.59. The fraction of sp³-hybridized carbons (Fsp3) is 0.286. The number of aryl methyl sites for hydroxylation is 2. The molecule has 8 heteroatoms. The lowest BCUT2D eigenvalue weighted by Gasteiger charge is -2.24. The van der Waals surface area contributed by atoms with Gasteiger partial charge in [-0.3, -0.25) is 9.36 Å². The number of ether oxygens (including phenoxy) is 2. The number of hydrogen-bond acceptors (Lipinski definition) is 5. The highest BCUT2D eigenvalue weighted by atomic mass is 31.2. The standard InChI is InChI=1S/C28H32NO6P/c1-22-12-14-23(15-13-22)18-19-36(32,33)26(29-28(31)35-21-25-10-6-3-7-11-25)16-17-27(30)34-20-24-8-4-2-5-9-24/h2-15,26H,16-21H2,1H3,(H,29,31)(H,32,33). The molecule has 0 aliphatic heterocycles. The van der Waals surface area contributed by atoms with Gasteiger partial charge < -0.3 is 19.7 Å². The molecule has 3 aromatic carbocycles. The first-order chi connectivity index (χ1) is 17.3. The molecule has 3 aromatic rings. The van der Waals surface area contributed by atoms with Crippen LogP contribution in [0, 0.1) is 6.92 Å². The van der Waals surface area contributed by atoms with Crippen molar-refractivity contribution in [2.45, 2.75) is 45.2 Å². The van der Waals surface area contributed by atoms with Gasteiger partial charge in [-0.25, -0.2) is 4.79 Å². The van der Waals surface area contributed by atoms with E-state index >= 15 is 0 Å². The molecular formula is C28H32NO6P. The summed E-state index contributed by atoms with van der Waals surface area (Å²) in [5.41, 5.74) is 3.65. The van der Waals surface area contributed by atoms with Gasteiger partial charge >= 0.3 is 12.1 Å². The van der Waals surface area contributed by atoms with Crippen LogP contribution in [0.15, 0.2) is 84.9 Å². The predicted molar refractivity (Wildman–Crippen MR) is 139 cm³/mol. The van der Waals surface area contributed by atoms with Crippen LogP contribution in [0.2, 0.25) is 0 Å². The summed E-state index contributed by atoms with van der Waals surface area (Å²) in [6.07, 6.45) is -0.657. The molecular weight excluding hydrogens is 477 g/mol. The highest BCUT2D eigenvalue weighted by molar-refractivity contribution is 7.58. The summed E-state index contributed by atoms with van der Waals surface area (Å²) in [7, 11) is -3.88. The van der Waals surface area contributed by atoms with E-state index in [1.807, 2.05) is 91.9 Å². The van der Waals surface area contributed by atoms with E-state index in [1.54, 1.807) is 0 Å². The SMILES string of the molecule is Cc1ccc(CCP(=O)(O)C(CCC(=O)OCc2ccccc2)NC(=O)OCc2ccccc2)cc1. The zero-order chi connectivity index (χ0) is 25.8. The van der Waals surface area contributed by atoms with Crippen LogP contribution < -0.4 is 5.32 Å². The quantitative estimate of drug-likeness (QED) is 0.244. The minimum Gasteiger partial charge on any atom is -0.461 e. The van der Waals surface area contributed by atoms with Crippen molar-refractivity contribution in [1.29, 1.82) is 0 Å². The van der Waals surface area contributed by atoms with Crippen molar-refractivity contribution >= 4 is 19.4 Å². The van der Waals surface area contributed by atoms with Gasteiger partial charge in [0, 0.05) is 12.6 Å². The topological polar surface area (TPSA) is 102 Å². The molecule has 36 heavy (non-hydrogen) atoms. The normalized spacial score (nSPS) is 13.3. The lowest BCUT2D eigenvalue weighted by atomic mass is 10.1. The lowest BCUT2D eigenvalue weighted by molar-refractivity contribution is -0.145. The van der Waals surface area contributed by atoms with Crippen LogP contribution in [-0.2, 0) is 38.5 Å². The zero-order valence-electron chi connectivity index (χ0n) is 20.3. The molecule has 0 heterocycles. The van der Waals surface area contributed by atoms with Gasteiger partial charge in [-0.05, 0) is 36.5 Å². The van der Waals surface area contributed by atoms with Gasteiger partial charge in [0.05, 0.1) is 0 Å². The van der Waals surface area contributed by atoms with Crippen LogP contribution in [0.5, 0.6) is 0 Å². The third-order valence-electron chi connectivity index (χ3n) is 5.69. The van der Waals surface area contributed by atoms with Crippen LogP contribution >= 0.6 is 7.37 Å². The predicted octanol–water partition coefficient (Wildman–Crippen LogP) is 5.58. The molecule has 3 rings (SSSR count). The third-order valence-corrected chi connectivity index (χ3v) is 7.92. The van der Waals surface area contributed by atoms with Gasteiger partial charge in [0.25, 0.3) is 0 Å². The fourth-order valence-electron chi connectivity index (χ4n) is 3.54. The maximum atomic E-state index is 13.3. The molecule has 0 aliphatic carbocycles. The number of hydrogen-bond donors (Lipinski definition) is 2. The first-order valence-electron chi connectivity index (χ1n) is 11.9. The van der Waals surface area contributed by atoms with Crippen molar-refractivity contribution in [2.75, 3.05) is 6.16 Å². The molecule has 2 unspecified atom stereocenters. The summed E-state index contributed by atoms with van der Waals surface area (Å²) >= 11 is 0. The Labute approximate surface area is 211 Å². The molecule has 2 atom stereocenters. The fourth-order valence-corrected chi connectivity index (χ4v) is 5.27. The summed E-state index contributed by atoms with van der Waals surface area (Å²) in [4.78, 5) is 35.7. The van der Waals surface area contributed by atoms with Crippen molar-refractivity contribution in [3.8, 4) is 0 Å². The van der Waals surface area contributed by atoms with Gasteiger partial charge in [-0.2, -0.15) is 0 Å². The Hall–Kier alpha value is -3.41. The first-order valence-corrected chi connectivity index (χ1v) is 13.8. The molecule has 0 bridgehead atoms. The number of carbonyl (C=O) groups is 2. The highest BCUT2D eigenvalue weighted by Gasteiger charge is 2.33. The van der Waals surface area contributed by atoms with Crippen LogP contribution in [0.1, 0.15) is 35.1 Å². The molecule has 190 valence electrons. The van der Waals surface area contributed by atoms with Gasteiger partial charge in [0.15, 0.2) is 0 Å². The van der Waals surface area contributed by atoms with E-state index in [1.165, 1.54) is 0 Å². The van der Waals surface area contributed by atoms with E-state index in [2.05, 4.69) is 5.32 Å². The Morgan fingerprint density at radius 2 is 1.39 bits per heavy atom. The molecule has 1 amide bonds. The van der Waals surface area contributed by atoms with Crippen molar-refractivity contribution in [3.63, 3.8) is 0 Å². The molecule has 7 nitrogen and oxygen atoms in total. The maximum absolute atomic E-state index is 13.3. The summed E-state index contributed by atoms with van der Waals surface area (Å²) in [5, 5.41) is 2.52. The second kappa shape index (κ2) is 13.6. The molecule has 0 radical (unpaired) electrons. The minimum absolute atomic E-state index is 0.0254. The smallest absolute Gasteiger partial charge is 0.408 e. The Morgan fingerprint density at radius 3 is 1.97 bits per heavy atom. The summed E-state index contributed by atoms with van der Waals surface area (Å²) in [6.45, 7) is 2.11. The Bertz CT molecular complexity index is 1150. The molecule has 2 N–H and O–H groups in total. The van der Waals surface area contributed by atoms with E-state index in [4.69, 9.17) is 9.47 Å². The van der Waals surface area contributed by atoms with Crippen molar-refractivity contribution < 1.29 is 28.5 Å². The number of benzene rings is 3. The van der Waals surface area contributed by atoms with Crippen molar-refractivity contribution in [1.82, 2.24) is 5.32 Å². The van der Waals surface area contributed by atoms with Gasteiger partial charge in [0.2, 0.25) is 7.37 Å². The Kier molecular flexibility index (Phi) is 10.3. The van der Waals surface area contributed by atoms with Gasteiger partial charge in [0.1, 0.15) is 19.0 Å². The summed E-state index contributed by atoms with van der Waals surface area (Å²) in [6, 6.07) is 26.1. The third kappa shape index (κ3) is 9.33. The number of amides is 1. The minimum atomic E-state index is -3.88. The van der Waals surface area contributed by atoms with E-state index < -0.39 is 25.2 Å². The second-order valence-electron chi connectivity index (χ2n) is 8.62. The number of alkyl carbamates (subject to hydrolysis) is 1. The van der Waals surface area contributed by atoms with E-state index in [-0.39, 0.29) is 32.2 Å². The number of rotatable bonds is 12. The van der Waals surface area contributed by atoms with Crippen LogP contribution in [0.25, 0.3) is 0 Å². The molecule has 0 aliphatic rings. The summed E-state index contributed by atoms with van der Waals surface area (Å²) < 4.78 is 23.8. The molecule has 0 fully saturated rings. The molecule has 0 saturated carbocycles. The average molecular weight is 510 g/mol. The average Bonchev–Trinajstić information content (AvgIpc) is 2.89. The number of carbonyl (C=O) groups excluding carboxylic acids is 2. The molecule has 0 aromatic heterocycles. The van der Waals surface area contributed by atoms with E-state index in [0.29, 0.717) is 6.42 Å². The highest BCUT2D eigenvalue weighted by Crippen LogP contribution is 2.47. The largest absolute Gasteiger partial charge is 0.461 e. The van der Waals surface area contributed by atoms with Gasteiger partial charge in [-0.1, -0.05) is 90.5 Å². The van der Waals surface area contributed by atoms with Crippen LogP contribution in [0.4, 0.5) is 4.79 Å². The van der Waals surface area contributed by atoms with Gasteiger partial charge in [-0.15, -0.1) is 0 Å². The Morgan fingerprint density at radius 1 is 0.833 bits per heavy atom. The lowest BCUT2D eigenvalue weighted by Crippen LogP contribution is -2.36.